The van der Waals surface area contributed by atoms with Crippen LogP contribution in [0.2, 0.25) is 0 Å². The van der Waals surface area contributed by atoms with Gasteiger partial charge in [-0.25, -0.2) is 4.68 Å². The molecular weight excluding hydrogens is 212 g/mol. The molecule has 2 N–H and O–H groups in total. The van der Waals surface area contributed by atoms with E-state index in [1.165, 1.54) is 12.8 Å². The van der Waals surface area contributed by atoms with E-state index in [0.29, 0.717) is 0 Å². The van der Waals surface area contributed by atoms with Crippen LogP contribution in [-0.4, -0.2) is 22.9 Å². The van der Waals surface area contributed by atoms with Crippen molar-refractivity contribution < 1.29 is 0 Å². The summed E-state index contributed by atoms with van der Waals surface area (Å²) in [5, 5.41) is 4.54. The predicted molar refractivity (Wildman–Crippen MR) is 72.3 cm³/mol. The van der Waals surface area contributed by atoms with Gasteiger partial charge in [0, 0.05) is 19.6 Å². The number of hydrogen-bond acceptors (Lipinski definition) is 3. The molecule has 0 saturated carbocycles. The first-order chi connectivity index (χ1) is 8.13. The van der Waals surface area contributed by atoms with Crippen LogP contribution in [-0.2, 0) is 6.54 Å². The molecule has 17 heavy (non-hydrogen) atoms. The maximum atomic E-state index is 6.17. The zero-order chi connectivity index (χ0) is 12.4. The molecule has 0 atom stereocenters. The van der Waals surface area contributed by atoms with E-state index < -0.39 is 0 Å². The van der Waals surface area contributed by atoms with Gasteiger partial charge in [0.1, 0.15) is 0 Å². The number of nitrogens with two attached hydrogens (primary N) is 1. The summed E-state index contributed by atoms with van der Waals surface area (Å²) in [5.41, 5.74) is 8.01. The lowest BCUT2D eigenvalue weighted by molar-refractivity contribution is 0.430. The maximum Gasteiger partial charge on any atom is 0.150 e. The SMILES string of the molecule is CCCn1nc(C)c(N)c1N1CCC(C)CC1. The number of hydrogen-bond donors (Lipinski definition) is 1. The second-order valence-corrected chi connectivity index (χ2v) is 5.22. The van der Waals surface area contributed by atoms with E-state index in [9.17, 15) is 0 Å². The molecule has 1 aromatic heterocycles. The van der Waals surface area contributed by atoms with Crippen LogP contribution in [0, 0.1) is 12.8 Å². The molecule has 1 aromatic rings. The Morgan fingerprint density at radius 1 is 1.35 bits per heavy atom. The summed E-state index contributed by atoms with van der Waals surface area (Å²) in [6.45, 7) is 9.68. The topological polar surface area (TPSA) is 47.1 Å². The molecule has 2 heterocycles. The van der Waals surface area contributed by atoms with E-state index in [4.69, 9.17) is 5.73 Å². The summed E-state index contributed by atoms with van der Waals surface area (Å²) in [4.78, 5) is 2.41. The van der Waals surface area contributed by atoms with Gasteiger partial charge in [-0.05, 0) is 32.1 Å². The van der Waals surface area contributed by atoms with Gasteiger partial charge in [-0.3, -0.25) is 0 Å². The first kappa shape index (κ1) is 12.3. The molecule has 0 aliphatic carbocycles. The summed E-state index contributed by atoms with van der Waals surface area (Å²) in [6, 6.07) is 0. The zero-order valence-corrected chi connectivity index (χ0v) is 11.2. The molecule has 0 unspecified atom stereocenters. The van der Waals surface area contributed by atoms with Crippen molar-refractivity contribution in [3.63, 3.8) is 0 Å². The molecule has 1 aliphatic heterocycles. The molecule has 1 fully saturated rings. The average Bonchev–Trinajstić information content (AvgIpc) is 2.57. The van der Waals surface area contributed by atoms with Crippen LogP contribution in [0.4, 0.5) is 11.5 Å². The van der Waals surface area contributed by atoms with Crippen LogP contribution >= 0.6 is 0 Å². The molecule has 0 radical (unpaired) electrons. The molecule has 4 heteroatoms. The lowest BCUT2D eigenvalue weighted by Gasteiger charge is -2.32. The predicted octanol–water partition coefficient (Wildman–Crippen LogP) is 2.42. The van der Waals surface area contributed by atoms with Crippen LogP contribution in [0.3, 0.4) is 0 Å². The fraction of sp³-hybridized carbons (Fsp3) is 0.769. The average molecular weight is 236 g/mol. The summed E-state index contributed by atoms with van der Waals surface area (Å²) in [7, 11) is 0. The number of aromatic nitrogens is 2. The Bertz CT molecular complexity index is 375. The quantitative estimate of drug-likeness (QED) is 0.876. The minimum absolute atomic E-state index is 0.844. The summed E-state index contributed by atoms with van der Waals surface area (Å²) >= 11 is 0. The molecule has 0 spiro atoms. The van der Waals surface area contributed by atoms with Crippen molar-refractivity contribution in [1.82, 2.24) is 9.78 Å². The highest BCUT2D eigenvalue weighted by Gasteiger charge is 2.22. The third kappa shape index (κ3) is 2.40. The Hall–Kier alpha value is -1.19. The fourth-order valence-corrected chi connectivity index (χ4v) is 2.50. The molecular formula is C13H24N4. The first-order valence-electron chi connectivity index (χ1n) is 6.71. The smallest absolute Gasteiger partial charge is 0.150 e. The highest BCUT2D eigenvalue weighted by atomic mass is 15.4. The Morgan fingerprint density at radius 2 is 2.00 bits per heavy atom. The lowest BCUT2D eigenvalue weighted by Crippen LogP contribution is -2.34. The third-order valence-electron chi connectivity index (χ3n) is 3.66. The van der Waals surface area contributed by atoms with Crippen molar-refractivity contribution in [2.75, 3.05) is 23.7 Å². The van der Waals surface area contributed by atoms with E-state index >= 15 is 0 Å². The second-order valence-electron chi connectivity index (χ2n) is 5.22. The normalized spacial score (nSPS) is 17.7. The highest BCUT2D eigenvalue weighted by Crippen LogP contribution is 2.30. The number of nitrogen functional groups attached to an aromatic ring is 1. The first-order valence-corrected chi connectivity index (χ1v) is 6.71. The van der Waals surface area contributed by atoms with Gasteiger partial charge in [-0.15, -0.1) is 0 Å². The highest BCUT2D eigenvalue weighted by molar-refractivity contribution is 5.66. The van der Waals surface area contributed by atoms with Gasteiger partial charge in [0.25, 0.3) is 0 Å². The zero-order valence-electron chi connectivity index (χ0n) is 11.2. The van der Waals surface area contributed by atoms with Gasteiger partial charge in [0.05, 0.1) is 11.4 Å². The van der Waals surface area contributed by atoms with Crippen LogP contribution in [0.25, 0.3) is 0 Å². The second kappa shape index (κ2) is 4.98. The van der Waals surface area contributed by atoms with E-state index in [2.05, 4.69) is 28.5 Å². The molecule has 0 aromatic carbocycles. The van der Waals surface area contributed by atoms with Gasteiger partial charge in [-0.1, -0.05) is 13.8 Å². The molecule has 96 valence electrons. The van der Waals surface area contributed by atoms with Crippen LogP contribution in [0.15, 0.2) is 0 Å². The van der Waals surface area contributed by atoms with E-state index in [-0.39, 0.29) is 0 Å². The van der Waals surface area contributed by atoms with Crippen molar-refractivity contribution in [2.24, 2.45) is 5.92 Å². The molecule has 0 amide bonds. The van der Waals surface area contributed by atoms with Crippen molar-refractivity contribution in [2.45, 2.75) is 46.6 Å². The van der Waals surface area contributed by atoms with Gasteiger partial charge < -0.3 is 10.6 Å². The number of nitrogens with zero attached hydrogens (tertiary/aromatic N) is 3. The van der Waals surface area contributed by atoms with Crippen LogP contribution < -0.4 is 10.6 Å². The van der Waals surface area contributed by atoms with E-state index in [1.807, 2.05) is 6.92 Å². The Kier molecular flexibility index (Phi) is 3.60. The summed E-state index contributed by atoms with van der Waals surface area (Å²) in [6.07, 6.45) is 3.61. The number of anilines is 2. The Morgan fingerprint density at radius 3 is 2.59 bits per heavy atom. The van der Waals surface area contributed by atoms with Gasteiger partial charge in [-0.2, -0.15) is 5.10 Å². The Balaban J connectivity index is 2.23. The molecule has 0 bridgehead atoms. The van der Waals surface area contributed by atoms with Gasteiger partial charge >= 0.3 is 0 Å². The summed E-state index contributed by atoms with van der Waals surface area (Å²) < 4.78 is 2.08. The third-order valence-corrected chi connectivity index (χ3v) is 3.66. The molecule has 1 aliphatic rings. The molecule has 4 nitrogen and oxygen atoms in total. The standard InChI is InChI=1S/C13H24N4/c1-4-7-17-13(12(14)11(3)15-17)16-8-5-10(2)6-9-16/h10H,4-9,14H2,1-3H3. The minimum Gasteiger partial charge on any atom is -0.394 e. The van der Waals surface area contributed by atoms with Crippen molar-refractivity contribution in [3.8, 4) is 0 Å². The van der Waals surface area contributed by atoms with Crippen LogP contribution in [0.5, 0.6) is 0 Å². The maximum absolute atomic E-state index is 6.17. The lowest BCUT2D eigenvalue weighted by atomic mass is 9.99. The van der Waals surface area contributed by atoms with E-state index in [1.54, 1.807) is 0 Å². The fourth-order valence-electron chi connectivity index (χ4n) is 2.50. The van der Waals surface area contributed by atoms with Crippen molar-refractivity contribution >= 4 is 11.5 Å². The largest absolute Gasteiger partial charge is 0.394 e. The number of piperidine rings is 1. The Labute approximate surface area is 104 Å². The number of aryl methyl sites for hydroxylation is 2. The molecule has 2 rings (SSSR count). The minimum atomic E-state index is 0.844. The van der Waals surface area contributed by atoms with Crippen LogP contribution in [0.1, 0.15) is 38.8 Å². The van der Waals surface area contributed by atoms with Crippen molar-refractivity contribution in [3.05, 3.63) is 5.69 Å². The molecule has 1 saturated heterocycles. The van der Waals surface area contributed by atoms with E-state index in [0.717, 1.165) is 49.2 Å². The number of rotatable bonds is 3. The monoisotopic (exact) mass is 236 g/mol. The van der Waals surface area contributed by atoms with Gasteiger partial charge in [0.15, 0.2) is 5.82 Å². The van der Waals surface area contributed by atoms with Crippen molar-refractivity contribution in [1.29, 1.82) is 0 Å². The van der Waals surface area contributed by atoms with Gasteiger partial charge in [0.2, 0.25) is 0 Å². The summed E-state index contributed by atoms with van der Waals surface area (Å²) in [5.74, 6) is 1.99.